The molecule has 86 valence electrons. The van der Waals surface area contributed by atoms with Crippen molar-refractivity contribution in [2.45, 2.75) is 0 Å². The summed E-state index contributed by atoms with van der Waals surface area (Å²) in [6.45, 7) is 0.899. The van der Waals surface area contributed by atoms with Crippen LogP contribution in [0.1, 0.15) is 10.4 Å². The molecule has 0 spiro atoms. The number of carbonyl (C=O) groups is 2. The molecule has 1 aromatic rings. The number of alkyl halides is 1. The number of rotatable bonds is 5. The fourth-order valence-corrected chi connectivity index (χ4v) is 1.39. The first kappa shape index (κ1) is 13.0. The molecule has 16 heavy (non-hydrogen) atoms. The molecule has 2 N–H and O–H groups in total. The Morgan fingerprint density at radius 3 is 2.31 bits per heavy atom. The number of amides is 2. The van der Waals surface area contributed by atoms with Crippen molar-refractivity contribution in [1.82, 2.24) is 10.6 Å². The van der Waals surface area contributed by atoms with Gasteiger partial charge in [0.2, 0.25) is 5.91 Å². The first-order valence-electron chi connectivity index (χ1n) is 4.90. The Morgan fingerprint density at radius 2 is 1.69 bits per heavy atom. The molecule has 0 heterocycles. The van der Waals surface area contributed by atoms with Crippen molar-refractivity contribution < 1.29 is 9.59 Å². The minimum absolute atomic E-state index is 0.0189. The van der Waals surface area contributed by atoms with E-state index < -0.39 is 0 Å². The summed E-state index contributed by atoms with van der Waals surface area (Å²) in [4.78, 5) is 22.4. The van der Waals surface area contributed by atoms with Crippen molar-refractivity contribution in [2.24, 2.45) is 0 Å². The van der Waals surface area contributed by atoms with E-state index in [4.69, 9.17) is 0 Å². The third-order valence-corrected chi connectivity index (χ3v) is 2.58. The summed E-state index contributed by atoms with van der Waals surface area (Å²) in [5, 5.41) is 5.40. The zero-order chi connectivity index (χ0) is 11.8. The summed E-state index contributed by atoms with van der Waals surface area (Å²) in [6, 6.07) is 8.98. The van der Waals surface area contributed by atoms with Crippen LogP contribution < -0.4 is 10.6 Å². The van der Waals surface area contributed by atoms with E-state index in [0.717, 1.165) is 0 Å². The highest BCUT2D eigenvalue weighted by Crippen LogP contribution is 1.96. The summed E-state index contributed by atoms with van der Waals surface area (Å²) in [7, 11) is 0. The maximum absolute atomic E-state index is 11.5. The van der Waals surface area contributed by atoms with E-state index in [1.54, 1.807) is 12.1 Å². The van der Waals surface area contributed by atoms with Gasteiger partial charge in [-0.3, -0.25) is 9.59 Å². The lowest BCUT2D eigenvalue weighted by Gasteiger charge is -2.05. The van der Waals surface area contributed by atoms with E-state index in [9.17, 15) is 9.59 Å². The molecule has 1 rings (SSSR count). The van der Waals surface area contributed by atoms with E-state index in [-0.39, 0.29) is 11.8 Å². The van der Waals surface area contributed by atoms with Crippen molar-refractivity contribution in [3.63, 3.8) is 0 Å². The van der Waals surface area contributed by atoms with Gasteiger partial charge in [0, 0.05) is 18.7 Å². The van der Waals surface area contributed by atoms with Crippen molar-refractivity contribution >= 4 is 34.4 Å². The van der Waals surface area contributed by atoms with Crippen LogP contribution in [0.25, 0.3) is 0 Å². The number of carbonyl (C=O) groups excluding carboxylic acids is 2. The van der Waals surface area contributed by atoms with Gasteiger partial charge in [-0.25, -0.2) is 0 Å². The Bertz CT molecular complexity index is 354. The lowest BCUT2D eigenvalue weighted by molar-refractivity contribution is -0.118. The molecule has 0 aliphatic rings. The summed E-state index contributed by atoms with van der Waals surface area (Å²) in [5.41, 5.74) is 0.628. The van der Waals surface area contributed by atoms with Crippen molar-refractivity contribution in [3.05, 3.63) is 35.9 Å². The molecule has 0 saturated heterocycles. The van der Waals surface area contributed by atoms with Crippen LogP contribution in [-0.2, 0) is 4.79 Å². The van der Waals surface area contributed by atoms with Gasteiger partial charge in [0.25, 0.3) is 5.91 Å². The first-order chi connectivity index (χ1) is 7.74. The quantitative estimate of drug-likeness (QED) is 0.480. The van der Waals surface area contributed by atoms with Crippen LogP contribution in [0.5, 0.6) is 0 Å². The van der Waals surface area contributed by atoms with Gasteiger partial charge in [0.05, 0.1) is 4.43 Å². The van der Waals surface area contributed by atoms with Gasteiger partial charge in [0.15, 0.2) is 0 Å². The minimum atomic E-state index is -0.121. The van der Waals surface area contributed by atoms with Crippen molar-refractivity contribution in [2.75, 3.05) is 17.5 Å². The maximum Gasteiger partial charge on any atom is 0.251 e. The maximum atomic E-state index is 11.5. The number of hydrogen-bond acceptors (Lipinski definition) is 2. The molecule has 0 bridgehead atoms. The molecule has 4 nitrogen and oxygen atoms in total. The summed E-state index contributed by atoms with van der Waals surface area (Å²) < 4.78 is 0.435. The molecule has 0 saturated carbocycles. The number of benzene rings is 1. The molecule has 0 fully saturated rings. The van der Waals surface area contributed by atoms with Crippen molar-refractivity contribution in [1.29, 1.82) is 0 Å². The topological polar surface area (TPSA) is 58.2 Å². The van der Waals surface area contributed by atoms with Gasteiger partial charge in [0.1, 0.15) is 0 Å². The Kier molecular flexibility index (Phi) is 5.84. The predicted molar refractivity (Wildman–Crippen MR) is 70.7 cm³/mol. The van der Waals surface area contributed by atoms with Gasteiger partial charge >= 0.3 is 0 Å². The van der Waals surface area contributed by atoms with E-state index in [2.05, 4.69) is 10.6 Å². The molecule has 2 amide bonds. The third-order valence-electron chi connectivity index (χ3n) is 1.89. The Labute approximate surface area is 108 Å². The van der Waals surface area contributed by atoms with Crippen LogP contribution in [0.2, 0.25) is 0 Å². The van der Waals surface area contributed by atoms with Gasteiger partial charge in [-0.05, 0) is 12.1 Å². The SMILES string of the molecule is O=C(CI)NCCNC(=O)c1ccccc1. The smallest absolute Gasteiger partial charge is 0.251 e. The Balaban J connectivity index is 2.24. The molecule has 0 aliphatic heterocycles. The van der Waals surface area contributed by atoms with E-state index in [1.165, 1.54) is 0 Å². The Hall–Kier alpha value is -1.11. The highest BCUT2D eigenvalue weighted by atomic mass is 127. The van der Waals surface area contributed by atoms with E-state index in [0.29, 0.717) is 23.1 Å². The average molecular weight is 332 g/mol. The second-order valence-corrected chi connectivity index (χ2v) is 3.87. The number of nitrogens with one attached hydrogen (secondary N) is 2. The van der Waals surface area contributed by atoms with Crippen LogP contribution in [0, 0.1) is 0 Å². The fourth-order valence-electron chi connectivity index (χ4n) is 1.12. The second-order valence-electron chi connectivity index (χ2n) is 3.11. The highest BCUT2D eigenvalue weighted by molar-refractivity contribution is 14.1. The molecular formula is C11H13IN2O2. The van der Waals surface area contributed by atoms with Gasteiger partial charge < -0.3 is 10.6 Å². The number of halogens is 1. The zero-order valence-electron chi connectivity index (χ0n) is 8.70. The molecular weight excluding hydrogens is 319 g/mol. The van der Waals surface area contributed by atoms with Crippen LogP contribution in [0.15, 0.2) is 30.3 Å². The predicted octanol–water partition coefficient (Wildman–Crippen LogP) is 0.968. The summed E-state index contributed by atoms with van der Waals surface area (Å²) in [5.74, 6) is -0.140. The summed E-state index contributed by atoms with van der Waals surface area (Å²) in [6.07, 6.45) is 0. The third kappa shape index (κ3) is 4.61. The van der Waals surface area contributed by atoms with E-state index >= 15 is 0 Å². The largest absolute Gasteiger partial charge is 0.354 e. The van der Waals surface area contributed by atoms with Crippen LogP contribution in [-0.4, -0.2) is 29.3 Å². The Morgan fingerprint density at radius 1 is 1.06 bits per heavy atom. The molecule has 0 aromatic heterocycles. The number of hydrogen-bond donors (Lipinski definition) is 2. The lowest BCUT2D eigenvalue weighted by Crippen LogP contribution is -2.35. The second kappa shape index (κ2) is 7.21. The lowest BCUT2D eigenvalue weighted by atomic mass is 10.2. The molecule has 0 radical (unpaired) electrons. The molecule has 1 aromatic carbocycles. The average Bonchev–Trinajstić information content (AvgIpc) is 2.35. The van der Waals surface area contributed by atoms with Gasteiger partial charge in [-0.15, -0.1) is 0 Å². The van der Waals surface area contributed by atoms with Crippen LogP contribution in [0.4, 0.5) is 0 Å². The van der Waals surface area contributed by atoms with E-state index in [1.807, 2.05) is 40.8 Å². The van der Waals surface area contributed by atoms with Crippen LogP contribution >= 0.6 is 22.6 Å². The molecule has 0 atom stereocenters. The first-order valence-corrected chi connectivity index (χ1v) is 6.42. The standard InChI is InChI=1S/C11H13IN2O2/c12-8-10(15)13-6-7-14-11(16)9-4-2-1-3-5-9/h1-5H,6-8H2,(H,13,15)(H,14,16). The highest BCUT2D eigenvalue weighted by Gasteiger charge is 2.03. The fraction of sp³-hybridized carbons (Fsp3) is 0.273. The zero-order valence-corrected chi connectivity index (χ0v) is 10.9. The van der Waals surface area contributed by atoms with Gasteiger partial charge in [-0.1, -0.05) is 40.8 Å². The molecule has 0 aliphatic carbocycles. The normalized spacial score (nSPS) is 9.56. The minimum Gasteiger partial charge on any atom is -0.354 e. The van der Waals surface area contributed by atoms with Gasteiger partial charge in [-0.2, -0.15) is 0 Å². The monoisotopic (exact) mass is 332 g/mol. The van der Waals surface area contributed by atoms with Crippen LogP contribution in [0.3, 0.4) is 0 Å². The summed E-state index contributed by atoms with van der Waals surface area (Å²) >= 11 is 1.99. The van der Waals surface area contributed by atoms with Crippen molar-refractivity contribution in [3.8, 4) is 0 Å². The molecule has 5 heteroatoms. The molecule has 0 unspecified atom stereocenters.